The van der Waals surface area contributed by atoms with Crippen LogP contribution in [0, 0.1) is 0 Å². The van der Waals surface area contributed by atoms with Crippen molar-refractivity contribution in [1.82, 2.24) is 9.55 Å². The van der Waals surface area contributed by atoms with E-state index >= 15 is 0 Å². The lowest BCUT2D eigenvalue weighted by molar-refractivity contribution is -0.109. The summed E-state index contributed by atoms with van der Waals surface area (Å²) in [5.41, 5.74) is 3.15. The highest BCUT2D eigenvalue weighted by Gasteiger charge is 2.16. The lowest BCUT2D eigenvalue weighted by Crippen LogP contribution is -2.11. The summed E-state index contributed by atoms with van der Waals surface area (Å²) in [4.78, 5) is 15.6. The Bertz CT molecular complexity index is 690. The molecule has 1 unspecified atom stereocenters. The molecule has 2 aromatic carbocycles. The van der Waals surface area contributed by atoms with E-state index in [1.165, 1.54) is 0 Å². The Hall–Kier alpha value is -2.68. The van der Waals surface area contributed by atoms with Crippen molar-refractivity contribution in [2.24, 2.45) is 0 Å². The van der Waals surface area contributed by atoms with Crippen LogP contribution in [0.4, 0.5) is 0 Å². The fourth-order valence-electron chi connectivity index (χ4n) is 2.37. The first kappa shape index (κ1) is 12.4. The van der Waals surface area contributed by atoms with E-state index in [1.54, 1.807) is 18.7 Å². The number of imidazole rings is 1. The second kappa shape index (κ2) is 5.53. The third kappa shape index (κ3) is 2.26. The number of hydrogen-bond donors (Lipinski definition) is 0. The van der Waals surface area contributed by atoms with E-state index in [2.05, 4.69) is 17.1 Å². The molecule has 20 heavy (non-hydrogen) atoms. The maximum atomic E-state index is 11.5. The Labute approximate surface area is 117 Å². The predicted molar refractivity (Wildman–Crippen MR) is 78.3 cm³/mol. The molecule has 3 aromatic rings. The molecule has 0 N–H and O–H groups in total. The first-order valence-corrected chi connectivity index (χ1v) is 6.47. The molecule has 0 amide bonds. The van der Waals surface area contributed by atoms with E-state index in [4.69, 9.17) is 0 Å². The van der Waals surface area contributed by atoms with E-state index < -0.39 is 0 Å². The Morgan fingerprint density at radius 3 is 2.45 bits per heavy atom. The summed E-state index contributed by atoms with van der Waals surface area (Å²) in [5.74, 6) is 0. The summed E-state index contributed by atoms with van der Waals surface area (Å²) in [7, 11) is 0. The van der Waals surface area contributed by atoms with Gasteiger partial charge in [-0.25, -0.2) is 4.98 Å². The van der Waals surface area contributed by atoms with E-state index in [0.717, 1.165) is 23.0 Å². The molecule has 0 bridgehead atoms. The molecule has 1 atom stereocenters. The van der Waals surface area contributed by atoms with Gasteiger partial charge in [-0.1, -0.05) is 54.6 Å². The maximum absolute atomic E-state index is 11.5. The van der Waals surface area contributed by atoms with Gasteiger partial charge in [0.1, 0.15) is 12.3 Å². The SMILES string of the molecule is O=CC(c1ccccc1-c1ccccc1)n1ccnc1. The molecule has 3 rings (SSSR count). The fraction of sp³-hybridized carbons (Fsp3) is 0.0588. The molecule has 3 heteroatoms. The number of benzene rings is 2. The number of carbonyl (C=O) groups excluding carboxylic acids is 1. The Morgan fingerprint density at radius 1 is 1.00 bits per heavy atom. The maximum Gasteiger partial charge on any atom is 0.147 e. The van der Waals surface area contributed by atoms with Crippen molar-refractivity contribution in [3.05, 3.63) is 78.9 Å². The summed E-state index contributed by atoms with van der Waals surface area (Å²) >= 11 is 0. The lowest BCUT2D eigenvalue weighted by atomic mass is 9.95. The molecule has 0 aliphatic rings. The second-order valence-electron chi connectivity index (χ2n) is 4.54. The molecular weight excluding hydrogens is 248 g/mol. The van der Waals surface area contributed by atoms with Crippen LogP contribution in [-0.2, 0) is 4.79 Å². The van der Waals surface area contributed by atoms with Crippen LogP contribution in [0.3, 0.4) is 0 Å². The van der Waals surface area contributed by atoms with E-state index in [0.29, 0.717) is 0 Å². The molecule has 0 saturated carbocycles. The second-order valence-corrected chi connectivity index (χ2v) is 4.54. The molecule has 0 radical (unpaired) electrons. The molecule has 3 nitrogen and oxygen atoms in total. The average molecular weight is 262 g/mol. The highest BCUT2D eigenvalue weighted by molar-refractivity contribution is 5.74. The minimum Gasteiger partial charge on any atom is -0.323 e. The van der Waals surface area contributed by atoms with Crippen molar-refractivity contribution < 1.29 is 4.79 Å². The average Bonchev–Trinajstić information content (AvgIpc) is 3.04. The number of carbonyl (C=O) groups is 1. The van der Waals surface area contributed by atoms with Gasteiger partial charge in [0.15, 0.2) is 0 Å². The van der Waals surface area contributed by atoms with Crippen molar-refractivity contribution >= 4 is 6.29 Å². The third-order valence-corrected chi connectivity index (χ3v) is 3.34. The Morgan fingerprint density at radius 2 is 1.75 bits per heavy atom. The largest absolute Gasteiger partial charge is 0.323 e. The number of rotatable bonds is 4. The van der Waals surface area contributed by atoms with Crippen LogP contribution in [0.25, 0.3) is 11.1 Å². The van der Waals surface area contributed by atoms with Gasteiger partial charge in [-0.05, 0) is 16.7 Å². The van der Waals surface area contributed by atoms with Gasteiger partial charge in [-0.2, -0.15) is 0 Å². The first-order chi connectivity index (χ1) is 9.90. The topological polar surface area (TPSA) is 34.9 Å². The van der Waals surface area contributed by atoms with Gasteiger partial charge in [0.05, 0.1) is 6.33 Å². The van der Waals surface area contributed by atoms with Crippen LogP contribution in [-0.4, -0.2) is 15.8 Å². The number of nitrogens with zero attached hydrogens (tertiary/aromatic N) is 2. The standard InChI is InChI=1S/C17H14N2O/c20-12-17(19-11-10-18-13-19)16-9-5-4-8-15(16)14-6-2-1-3-7-14/h1-13,17H. The minimum atomic E-state index is -0.353. The van der Waals surface area contributed by atoms with Crippen LogP contribution in [0.2, 0.25) is 0 Å². The van der Waals surface area contributed by atoms with Gasteiger partial charge < -0.3 is 9.36 Å². The van der Waals surface area contributed by atoms with Crippen LogP contribution in [0.1, 0.15) is 11.6 Å². The lowest BCUT2D eigenvalue weighted by Gasteiger charge is -2.16. The molecular formula is C17H14N2O. The molecule has 1 aromatic heterocycles. The smallest absolute Gasteiger partial charge is 0.147 e. The van der Waals surface area contributed by atoms with Gasteiger partial charge >= 0.3 is 0 Å². The molecule has 1 heterocycles. The highest BCUT2D eigenvalue weighted by Crippen LogP contribution is 2.29. The predicted octanol–water partition coefficient (Wildman–Crippen LogP) is 3.34. The molecule has 0 saturated heterocycles. The number of aromatic nitrogens is 2. The molecule has 0 spiro atoms. The van der Waals surface area contributed by atoms with Crippen molar-refractivity contribution in [1.29, 1.82) is 0 Å². The summed E-state index contributed by atoms with van der Waals surface area (Å²) in [5, 5.41) is 0. The van der Waals surface area contributed by atoms with Crippen molar-refractivity contribution in [3.63, 3.8) is 0 Å². The summed E-state index contributed by atoms with van der Waals surface area (Å²) in [6.07, 6.45) is 6.10. The van der Waals surface area contributed by atoms with Gasteiger partial charge in [-0.15, -0.1) is 0 Å². The van der Waals surface area contributed by atoms with Crippen LogP contribution in [0.5, 0.6) is 0 Å². The van der Waals surface area contributed by atoms with Crippen LogP contribution in [0.15, 0.2) is 73.3 Å². The fourth-order valence-corrected chi connectivity index (χ4v) is 2.37. The first-order valence-electron chi connectivity index (χ1n) is 6.47. The normalized spacial score (nSPS) is 12.0. The summed E-state index contributed by atoms with van der Waals surface area (Å²) < 4.78 is 1.81. The summed E-state index contributed by atoms with van der Waals surface area (Å²) in [6.45, 7) is 0. The number of aldehydes is 1. The monoisotopic (exact) mass is 262 g/mol. The minimum absolute atomic E-state index is 0.353. The van der Waals surface area contributed by atoms with Gasteiger partial charge in [0.25, 0.3) is 0 Å². The highest BCUT2D eigenvalue weighted by atomic mass is 16.1. The van der Waals surface area contributed by atoms with Crippen molar-refractivity contribution in [3.8, 4) is 11.1 Å². The summed E-state index contributed by atoms with van der Waals surface area (Å²) in [6, 6.07) is 17.7. The zero-order valence-electron chi connectivity index (χ0n) is 10.9. The van der Waals surface area contributed by atoms with Crippen molar-refractivity contribution in [2.75, 3.05) is 0 Å². The Kier molecular flexibility index (Phi) is 3.42. The van der Waals surface area contributed by atoms with Gasteiger partial charge in [-0.3, -0.25) is 0 Å². The van der Waals surface area contributed by atoms with Crippen LogP contribution >= 0.6 is 0 Å². The quantitative estimate of drug-likeness (QED) is 0.676. The van der Waals surface area contributed by atoms with Crippen molar-refractivity contribution in [2.45, 2.75) is 6.04 Å². The molecule has 0 aliphatic carbocycles. The zero-order valence-corrected chi connectivity index (χ0v) is 10.9. The molecule has 0 aliphatic heterocycles. The molecule has 0 fully saturated rings. The third-order valence-electron chi connectivity index (χ3n) is 3.34. The van der Waals surface area contributed by atoms with E-state index in [9.17, 15) is 4.79 Å². The molecule has 98 valence electrons. The van der Waals surface area contributed by atoms with E-state index in [-0.39, 0.29) is 6.04 Å². The van der Waals surface area contributed by atoms with Gasteiger partial charge in [0.2, 0.25) is 0 Å². The van der Waals surface area contributed by atoms with E-state index in [1.807, 2.05) is 47.0 Å². The zero-order chi connectivity index (χ0) is 13.8. The van der Waals surface area contributed by atoms with Crippen LogP contribution < -0.4 is 0 Å². The van der Waals surface area contributed by atoms with Gasteiger partial charge in [0, 0.05) is 12.4 Å². The number of hydrogen-bond acceptors (Lipinski definition) is 2. The Balaban J connectivity index is 2.12.